The summed E-state index contributed by atoms with van der Waals surface area (Å²) in [6.45, 7) is 4.99. The number of carbonyl (C=O) groups is 1. The predicted molar refractivity (Wildman–Crippen MR) is 108 cm³/mol. The Balaban J connectivity index is 1.86. The van der Waals surface area contributed by atoms with E-state index in [0.29, 0.717) is 17.7 Å². The fourth-order valence-corrected chi connectivity index (χ4v) is 5.70. The molecular weight excluding hydrogens is 404 g/mol. The number of ether oxygens (including phenoxy) is 2. The molecule has 1 aliphatic heterocycles. The first kappa shape index (κ1) is 19.0. The van der Waals surface area contributed by atoms with Gasteiger partial charge in [-0.25, -0.2) is 9.38 Å². The Labute approximate surface area is 169 Å². The van der Waals surface area contributed by atoms with Crippen molar-refractivity contribution in [2.75, 3.05) is 19.1 Å². The summed E-state index contributed by atoms with van der Waals surface area (Å²) in [7, 11) is 1.38. The summed E-state index contributed by atoms with van der Waals surface area (Å²) < 4.78 is 12.7. The van der Waals surface area contributed by atoms with E-state index in [-0.39, 0.29) is 17.8 Å². The molecule has 0 aliphatic carbocycles. The SMILES string of the molecule is COC(=O)CSc1nnc2c3c4c(sc3nc(SC)n12)COC(C(C)C)C4. The van der Waals surface area contributed by atoms with Crippen molar-refractivity contribution in [2.45, 2.75) is 43.3 Å². The number of thiophene rings is 1. The average molecular weight is 425 g/mol. The summed E-state index contributed by atoms with van der Waals surface area (Å²) in [5.41, 5.74) is 2.08. The van der Waals surface area contributed by atoms with Gasteiger partial charge in [0.1, 0.15) is 4.83 Å². The summed E-state index contributed by atoms with van der Waals surface area (Å²) >= 11 is 4.53. The second kappa shape index (κ2) is 7.57. The van der Waals surface area contributed by atoms with E-state index in [1.54, 1.807) is 23.1 Å². The summed E-state index contributed by atoms with van der Waals surface area (Å²) in [6.07, 6.45) is 3.04. The first-order chi connectivity index (χ1) is 13.0. The van der Waals surface area contributed by atoms with Gasteiger partial charge in [0.05, 0.1) is 31.0 Å². The predicted octanol–water partition coefficient (Wildman–Crippen LogP) is 3.42. The molecule has 0 amide bonds. The molecule has 4 rings (SSSR count). The highest BCUT2D eigenvalue weighted by Gasteiger charge is 2.29. The minimum atomic E-state index is -0.290. The molecule has 0 radical (unpaired) electrons. The molecule has 1 unspecified atom stereocenters. The summed E-state index contributed by atoms with van der Waals surface area (Å²) in [4.78, 5) is 18.6. The Hall–Kier alpha value is -1.36. The Bertz CT molecular complexity index is 1010. The van der Waals surface area contributed by atoms with Crippen LogP contribution in [0.1, 0.15) is 24.3 Å². The lowest BCUT2D eigenvalue weighted by molar-refractivity contribution is -0.137. The molecule has 0 N–H and O–H groups in total. The number of aromatic nitrogens is 4. The lowest BCUT2D eigenvalue weighted by Crippen LogP contribution is -2.26. The van der Waals surface area contributed by atoms with Crippen LogP contribution in [0.3, 0.4) is 0 Å². The zero-order valence-corrected chi connectivity index (χ0v) is 18.0. The minimum Gasteiger partial charge on any atom is -0.468 e. The van der Waals surface area contributed by atoms with Crippen molar-refractivity contribution in [3.63, 3.8) is 0 Å². The molecular formula is C17H20N4O3S3. The topological polar surface area (TPSA) is 78.6 Å². The Morgan fingerprint density at radius 3 is 2.93 bits per heavy atom. The van der Waals surface area contributed by atoms with Crippen molar-refractivity contribution >= 4 is 56.7 Å². The van der Waals surface area contributed by atoms with Crippen molar-refractivity contribution in [1.82, 2.24) is 19.6 Å². The van der Waals surface area contributed by atoms with E-state index in [0.717, 1.165) is 27.4 Å². The standard InChI is InChI=1S/C17H20N4O3S3/c1-8(2)10-5-9-11(6-24-10)27-15-13(9)14-19-20-17(26-7-12(22)23-3)21(14)16(18-15)25-4/h8,10H,5-7H2,1-4H3. The molecule has 7 nitrogen and oxygen atoms in total. The molecule has 4 heterocycles. The highest BCUT2D eigenvalue weighted by atomic mass is 32.2. The molecule has 0 saturated carbocycles. The van der Waals surface area contributed by atoms with Gasteiger partial charge in [-0.2, -0.15) is 0 Å². The number of methoxy groups -OCH3 is 1. The van der Waals surface area contributed by atoms with E-state index in [2.05, 4.69) is 24.0 Å². The molecule has 0 fully saturated rings. The van der Waals surface area contributed by atoms with Gasteiger partial charge in [0.2, 0.25) is 0 Å². The molecule has 144 valence electrons. The van der Waals surface area contributed by atoms with E-state index in [9.17, 15) is 4.79 Å². The zero-order valence-electron chi connectivity index (χ0n) is 15.5. The van der Waals surface area contributed by atoms with Gasteiger partial charge in [0, 0.05) is 11.3 Å². The van der Waals surface area contributed by atoms with Gasteiger partial charge >= 0.3 is 5.97 Å². The van der Waals surface area contributed by atoms with E-state index in [4.69, 9.17) is 14.5 Å². The van der Waals surface area contributed by atoms with Crippen molar-refractivity contribution in [1.29, 1.82) is 0 Å². The molecule has 1 atom stereocenters. The first-order valence-electron chi connectivity index (χ1n) is 8.58. The number of nitrogens with zero attached hydrogens (tertiary/aromatic N) is 4. The summed E-state index contributed by atoms with van der Waals surface area (Å²) in [6, 6.07) is 0. The highest BCUT2D eigenvalue weighted by Crippen LogP contribution is 2.40. The fourth-order valence-electron chi connectivity index (χ4n) is 3.16. The van der Waals surface area contributed by atoms with Crippen LogP contribution in [0.25, 0.3) is 15.9 Å². The number of rotatable bonds is 5. The third kappa shape index (κ3) is 3.32. The van der Waals surface area contributed by atoms with Gasteiger partial charge in [0.25, 0.3) is 0 Å². The fraction of sp³-hybridized carbons (Fsp3) is 0.529. The number of hydrogen-bond donors (Lipinski definition) is 0. The maximum Gasteiger partial charge on any atom is 0.316 e. The van der Waals surface area contributed by atoms with Crippen LogP contribution in [0.4, 0.5) is 0 Å². The summed E-state index contributed by atoms with van der Waals surface area (Å²) in [5.74, 6) is 0.349. The van der Waals surface area contributed by atoms with E-state index in [1.165, 1.54) is 29.3 Å². The first-order valence-corrected chi connectivity index (χ1v) is 11.6. The quantitative estimate of drug-likeness (QED) is 0.350. The van der Waals surface area contributed by atoms with Crippen molar-refractivity contribution in [3.05, 3.63) is 10.4 Å². The van der Waals surface area contributed by atoms with Gasteiger partial charge in [-0.1, -0.05) is 37.4 Å². The molecule has 0 bridgehead atoms. The maximum absolute atomic E-state index is 11.5. The molecule has 0 saturated heterocycles. The van der Waals surface area contributed by atoms with Gasteiger partial charge in [-0.3, -0.25) is 4.79 Å². The van der Waals surface area contributed by atoms with Gasteiger partial charge in [-0.15, -0.1) is 21.5 Å². The molecule has 1 aliphatic rings. The lowest BCUT2D eigenvalue weighted by Gasteiger charge is -2.26. The smallest absolute Gasteiger partial charge is 0.316 e. The van der Waals surface area contributed by atoms with Crippen molar-refractivity contribution in [2.24, 2.45) is 5.92 Å². The molecule has 10 heteroatoms. The largest absolute Gasteiger partial charge is 0.468 e. The molecule has 0 spiro atoms. The zero-order chi connectivity index (χ0) is 19.1. The van der Waals surface area contributed by atoms with Crippen LogP contribution in [0.2, 0.25) is 0 Å². The Morgan fingerprint density at radius 2 is 2.22 bits per heavy atom. The third-order valence-electron chi connectivity index (χ3n) is 4.62. The Kier molecular flexibility index (Phi) is 5.32. The van der Waals surface area contributed by atoms with Crippen LogP contribution in [0.5, 0.6) is 0 Å². The van der Waals surface area contributed by atoms with Gasteiger partial charge in [-0.05, 0) is 17.7 Å². The molecule has 3 aromatic heterocycles. The number of hydrogen-bond acceptors (Lipinski definition) is 9. The second-order valence-electron chi connectivity index (χ2n) is 6.59. The number of carbonyl (C=O) groups excluding carboxylic acids is 1. The van der Waals surface area contributed by atoms with Gasteiger partial charge in [0.15, 0.2) is 16.0 Å². The van der Waals surface area contributed by atoms with Crippen LogP contribution < -0.4 is 0 Å². The summed E-state index contributed by atoms with van der Waals surface area (Å²) in [5, 5.41) is 11.3. The van der Waals surface area contributed by atoms with Crippen molar-refractivity contribution in [3.8, 4) is 0 Å². The molecule has 27 heavy (non-hydrogen) atoms. The van der Waals surface area contributed by atoms with Gasteiger partial charge < -0.3 is 9.47 Å². The normalized spacial score (nSPS) is 17.0. The maximum atomic E-state index is 11.5. The van der Waals surface area contributed by atoms with E-state index >= 15 is 0 Å². The molecule has 0 aromatic carbocycles. The van der Waals surface area contributed by atoms with Crippen LogP contribution in [-0.2, 0) is 27.3 Å². The number of thioether (sulfide) groups is 2. The number of esters is 1. The second-order valence-corrected chi connectivity index (χ2v) is 9.39. The minimum absolute atomic E-state index is 0.189. The number of fused-ring (bicyclic) bond motifs is 5. The van der Waals surface area contributed by atoms with E-state index < -0.39 is 0 Å². The Morgan fingerprint density at radius 1 is 1.41 bits per heavy atom. The van der Waals surface area contributed by atoms with Crippen LogP contribution >= 0.6 is 34.9 Å². The van der Waals surface area contributed by atoms with Crippen LogP contribution in [0, 0.1) is 5.92 Å². The van der Waals surface area contributed by atoms with E-state index in [1.807, 2.05) is 10.7 Å². The third-order valence-corrected chi connectivity index (χ3v) is 7.27. The van der Waals surface area contributed by atoms with Crippen molar-refractivity contribution < 1.29 is 14.3 Å². The lowest BCUT2D eigenvalue weighted by atomic mass is 9.96. The van der Waals surface area contributed by atoms with Crippen LogP contribution in [-0.4, -0.2) is 50.8 Å². The average Bonchev–Trinajstić information content (AvgIpc) is 3.25. The van der Waals surface area contributed by atoms with Crippen LogP contribution in [0.15, 0.2) is 10.3 Å². The monoisotopic (exact) mass is 424 g/mol. The molecule has 3 aromatic rings. The highest BCUT2D eigenvalue weighted by molar-refractivity contribution is 8.00.